The molecule has 1 amide bonds. The number of aromatic nitrogens is 1. The molecule has 0 saturated carbocycles. The van der Waals surface area contributed by atoms with E-state index in [1.165, 1.54) is 29.5 Å². The van der Waals surface area contributed by atoms with Crippen molar-refractivity contribution in [3.63, 3.8) is 0 Å². The van der Waals surface area contributed by atoms with E-state index in [4.69, 9.17) is 0 Å². The van der Waals surface area contributed by atoms with Gasteiger partial charge in [-0.25, -0.2) is 17.8 Å². The van der Waals surface area contributed by atoms with Crippen LogP contribution in [-0.4, -0.2) is 36.2 Å². The first kappa shape index (κ1) is 19.0. The maximum Gasteiger partial charge on any atom is 0.246 e. The van der Waals surface area contributed by atoms with Gasteiger partial charge in [-0.3, -0.25) is 4.79 Å². The van der Waals surface area contributed by atoms with E-state index in [0.29, 0.717) is 18.5 Å². The molecule has 0 bridgehead atoms. The predicted octanol–water partition coefficient (Wildman–Crippen LogP) is 3.54. The number of rotatable bonds is 4. The molecule has 1 N–H and O–H groups in total. The number of nitrogens with zero attached hydrogens (tertiary/aromatic N) is 2. The lowest BCUT2D eigenvalue weighted by molar-refractivity contribution is -0.119. The molecule has 0 spiro atoms. The number of hydrogen-bond acceptors (Lipinski definition) is 5. The number of fused-ring (bicyclic) bond motifs is 1. The number of sulfonamides is 1. The fourth-order valence-electron chi connectivity index (χ4n) is 3.41. The molecule has 2 aromatic carbocycles. The molecule has 6 nitrogen and oxygen atoms in total. The number of amides is 1. The van der Waals surface area contributed by atoms with Crippen LogP contribution in [0.2, 0.25) is 0 Å². The van der Waals surface area contributed by atoms with Gasteiger partial charge >= 0.3 is 0 Å². The first-order valence-electron chi connectivity index (χ1n) is 8.81. The standard InChI is InChI=1S/C19H18FN3O3S2/c1-12-21-15-9-8-13(11-17(15)27-12)22-19(24)16-6-4-10-23(16)28(25,26)18-7-3-2-5-14(18)20/h2-3,5,7-9,11,16H,4,6,10H2,1H3,(H,22,24). The summed E-state index contributed by atoms with van der Waals surface area (Å²) in [6.45, 7) is 2.09. The summed E-state index contributed by atoms with van der Waals surface area (Å²) in [5.74, 6) is -1.24. The molecule has 1 aromatic heterocycles. The summed E-state index contributed by atoms with van der Waals surface area (Å²) in [7, 11) is -4.10. The van der Waals surface area contributed by atoms with Gasteiger partial charge in [0.2, 0.25) is 15.9 Å². The third kappa shape index (κ3) is 3.41. The van der Waals surface area contributed by atoms with Gasteiger partial charge in [0.15, 0.2) is 0 Å². The Bertz CT molecular complexity index is 1160. The highest BCUT2D eigenvalue weighted by atomic mass is 32.2. The Balaban J connectivity index is 1.58. The second-order valence-corrected chi connectivity index (χ2v) is 9.70. The summed E-state index contributed by atoms with van der Waals surface area (Å²) in [6, 6.07) is 9.72. The molecule has 1 aliphatic heterocycles. The van der Waals surface area contributed by atoms with Gasteiger partial charge in [0.25, 0.3) is 0 Å². The number of halogens is 1. The Kier molecular flexibility index (Phi) is 4.90. The third-order valence-corrected chi connectivity index (χ3v) is 7.57. The topological polar surface area (TPSA) is 79.4 Å². The Hall–Kier alpha value is -2.36. The zero-order valence-electron chi connectivity index (χ0n) is 15.1. The molecule has 2 heterocycles. The molecule has 0 aliphatic carbocycles. The molecular formula is C19H18FN3O3S2. The van der Waals surface area contributed by atoms with Crippen molar-refractivity contribution in [1.29, 1.82) is 0 Å². The molecule has 1 unspecified atom stereocenters. The molecule has 146 valence electrons. The summed E-state index contributed by atoms with van der Waals surface area (Å²) < 4.78 is 41.9. The van der Waals surface area contributed by atoms with E-state index in [2.05, 4.69) is 10.3 Å². The highest BCUT2D eigenvalue weighted by Gasteiger charge is 2.40. The average molecular weight is 420 g/mol. The second-order valence-electron chi connectivity index (χ2n) is 6.61. The van der Waals surface area contributed by atoms with E-state index in [9.17, 15) is 17.6 Å². The molecule has 0 radical (unpaired) electrons. The van der Waals surface area contributed by atoms with Crippen molar-refractivity contribution in [2.75, 3.05) is 11.9 Å². The van der Waals surface area contributed by atoms with Crippen LogP contribution in [0.3, 0.4) is 0 Å². The lowest BCUT2D eigenvalue weighted by Crippen LogP contribution is -2.43. The van der Waals surface area contributed by atoms with Crippen molar-refractivity contribution in [2.45, 2.75) is 30.7 Å². The van der Waals surface area contributed by atoms with Gasteiger partial charge in [0, 0.05) is 12.2 Å². The van der Waals surface area contributed by atoms with Crippen molar-refractivity contribution in [3.05, 3.63) is 53.3 Å². The van der Waals surface area contributed by atoms with E-state index >= 15 is 0 Å². The van der Waals surface area contributed by atoms with Crippen LogP contribution in [-0.2, 0) is 14.8 Å². The van der Waals surface area contributed by atoms with Crippen molar-refractivity contribution < 1.29 is 17.6 Å². The minimum atomic E-state index is -4.10. The minimum absolute atomic E-state index is 0.182. The first-order chi connectivity index (χ1) is 13.4. The Morgan fingerprint density at radius 1 is 1.29 bits per heavy atom. The highest BCUT2D eigenvalue weighted by Crippen LogP contribution is 2.29. The van der Waals surface area contributed by atoms with Crippen LogP contribution in [0.5, 0.6) is 0 Å². The maximum absolute atomic E-state index is 14.1. The normalized spacial score (nSPS) is 17.9. The van der Waals surface area contributed by atoms with Crippen LogP contribution in [0.4, 0.5) is 10.1 Å². The van der Waals surface area contributed by atoms with E-state index in [-0.39, 0.29) is 6.54 Å². The fraction of sp³-hybridized carbons (Fsp3) is 0.263. The monoisotopic (exact) mass is 419 g/mol. The van der Waals surface area contributed by atoms with E-state index in [1.807, 2.05) is 19.1 Å². The first-order valence-corrected chi connectivity index (χ1v) is 11.1. The number of benzene rings is 2. The molecule has 1 aliphatic rings. The second kappa shape index (κ2) is 7.23. The third-order valence-electron chi connectivity index (χ3n) is 4.69. The van der Waals surface area contributed by atoms with Crippen LogP contribution in [0.1, 0.15) is 17.8 Å². The number of nitrogens with one attached hydrogen (secondary N) is 1. The highest BCUT2D eigenvalue weighted by molar-refractivity contribution is 7.89. The van der Waals surface area contributed by atoms with Gasteiger partial charge in [0.05, 0.1) is 15.2 Å². The zero-order valence-corrected chi connectivity index (χ0v) is 16.7. The van der Waals surface area contributed by atoms with Crippen LogP contribution < -0.4 is 5.32 Å². The number of thiazole rings is 1. The number of aryl methyl sites for hydroxylation is 1. The predicted molar refractivity (Wildman–Crippen MR) is 106 cm³/mol. The summed E-state index contributed by atoms with van der Waals surface area (Å²) in [5, 5.41) is 3.72. The molecule has 3 aromatic rings. The summed E-state index contributed by atoms with van der Waals surface area (Å²) >= 11 is 1.52. The van der Waals surface area contributed by atoms with E-state index in [1.54, 1.807) is 6.07 Å². The number of hydrogen-bond donors (Lipinski definition) is 1. The van der Waals surface area contributed by atoms with Crippen molar-refractivity contribution in [3.8, 4) is 0 Å². The quantitative estimate of drug-likeness (QED) is 0.702. The summed E-state index contributed by atoms with van der Waals surface area (Å²) in [6.07, 6.45) is 0.931. The largest absolute Gasteiger partial charge is 0.325 e. The van der Waals surface area contributed by atoms with Gasteiger partial charge in [-0.2, -0.15) is 4.31 Å². The number of carbonyl (C=O) groups excluding carboxylic acids is 1. The Morgan fingerprint density at radius 2 is 2.07 bits per heavy atom. The van der Waals surface area contributed by atoms with Crippen molar-refractivity contribution >= 4 is 43.2 Å². The Labute approximate surface area is 166 Å². The average Bonchev–Trinajstić information content (AvgIpc) is 3.27. The smallest absolute Gasteiger partial charge is 0.246 e. The molecule has 1 fully saturated rings. The number of anilines is 1. The van der Waals surface area contributed by atoms with Gasteiger partial charge in [0.1, 0.15) is 16.8 Å². The molecule has 1 atom stereocenters. The molecule has 4 rings (SSSR count). The fourth-order valence-corrected chi connectivity index (χ4v) is 6.00. The number of carbonyl (C=O) groups is 1. The SMILES string of the molecule is Cc1nc2ccc(NC(=O)C3CCCN3S(=O)(=O)c3ccccc3F)cc2s1. The molecule has 9 heteroatoms. The van der Waals surface area contributed by atoms with Crippen LogP contribution >= 0.6 is 11.3 Å². The molecule has 28 heavy (non-hydrogen) atoms. The van der Waals surface area contributed by atoms with E-state index < -0.39 is 32.7 Å². The maximum atomic E-state index is 14.1. The van der Waals surface area contributed by atoms with Gasteiger partial charge in [-0.05, 0) is 50.1 Å². The van der Waals surface area contributed by atoms with Crippen LogP contribution in [0, 0.1) is 12.7 Å². The van der Waals surface area contributed by atoms with E-state index in [0.717, 1.165) is 25.6 Å². The van der Waals surface area contributed by atoms with Crippen LogP contribution in [0.25, 0.3) is 10.2 Å². The van der Waals surface area contributed by atoms with Crippen molar-refractivity contribution in [1.82, 2.24) is 9.29 Å². The van der Waals surface area contributed by atoms with Crippen molar-refractivity contribution in [2.24, 2.45) is 0 Å². The van der Waals surface area contributed by atoms with Gasteiger partial charge < -0.3 is 5.32 Å². The molecular weight excluding hydrogens is 401 g/mol. The lowest BCUT2D eigenvalue weighted by atomic mass is 10.2. The van der Waals surface area contributed by atoms with Gasteiger partial charge in [-0.1, -0.05) is 12.1 Å². The zero-order chi connectivity index (χ0) is 19.9. The Morgan fingerprint density at radius 3 is 2.86 bits per heavy atom. The summed E-state index contributed by atoms with van der Waals surface area (Å²) in [5.41, 5.74) is 1.43. The van der Waals surface area contributed by atoms with Gasteiger partial charge in [-0.15, -0.1) is 11.3 Å². The summed E-state index contributed by atoms with van der Waals surface area (Å²) in [4.78, 5) is 16.8. The minimum Gasteiger partial charge on any atom is -0.325 e. The molecule has 1 saturated heterocycles. The van der Waals surface area contributed by atoms with Crippen LogP contribution in [0.15, 0.2) is 47.4 Å². The lowest BCUT2D eigenvalue weighted by Gasteiger charge is -2.23.